The molecule has 0 atom stereocenters. The number of hydrogen-bond acceptors (Lipinski definition) is 3. The van der Waals surface area contributed by atoms with Crippen molar-refractivity contribution in [2.24, 2.45) is 5.41 Å². The molecule has 4 nitrogen and oxygen atoms in total. The summed E-state index contributed by atoms with van der Waals surface area (Å²) >= 11 is 0. The van der Waals surface area contributed by atoms with Crippen LogP contribution in [0.25, 0.3) is 0 Å². The first-order valence-corrected chi connectivity index (χ1v) is 5.06. The number of hydrogen-bond donors (Lipinski definition) is 0. The lowest BCUT2D eigenvalue weighted by Gasteiger charge is -2.42. The van der Waals surface area contributed by atoms with Gasteiger partial charge in [-0.2, -0.15) is 0 Å². The van der Waals surface area contributed by atoms with Crippen molar-refractivity contribution in [3.05, 3.63) is 0 Å². The van der Waals surface area contributed by atoms with Crippen LogP contribution >= 0.6 is 0 Å². The molecule has 0 radical (unpaired) electrons. The summed E-state index contributed by atoms with van der Waals surface area (Å²) in [5, 5.41) is 0. The minimum absolute atomic E-state index is 0.00523. The molecule has 2 amide bonds. The Morgan fingerprint density at radius 2 is 1.86 bits per heavy atom. The van der Waals surface area contributed by atoms with Crippen molar-refractivity contribution in [1.29, 1.82) is 0 Å². The Balaban J connectivity index is 2.15. The molecule has 0 aromatic heterocycles. The van der Waals surface area contributed by atoms with Crippen LogP contribution in [0.1, 0.15) is 20.3 Å². The Labute approximate surface area is 83.9 Å². The highest BCUT2D eigenvalue weighted by Crippen LogP contribution is 2.41. The van der Waals surface area contributed by atoms with E-state index in [1.54, 1.807) is 7.05 Å². The molecule has 0 aromatic rings. The average molecular weight is 196 g/mol. The van der Waals surface area contributed by atoms with Gasteiger partial charge >= 0.3 is 0 Å². The summed E-state index contributed by atoms with van der Waals surface area (Å²) in [6.07, 6.45) is 0.702. The number of amides is 2. The molecule has 1 spiro atoms. The van der Waals surface area contributed by atoms with E-state index in [-0.39, 0.29) is 11.8 Å². The number of imide groups is 1. The lowest BCUT2D eigenvalue weighted by Crippen LogP contribution is -2.65. The van der Waals surface area contributed by atoms with Crippen molar-refractivity contribution < 1.29 is 9.59 Å². The molecule has 0 N–H and O–H groups in total. The van der Waals surface area contributed by atoms with Gasteiger partial charge in [0.15, 0.2) is 0 Å². The van der Waals surface area contributed by atoms with Gasteiger partial charge in [-0.3, -0.25) is 19.4 Å². The fourth-order valence-electron chi connectivity index (χ4n) is 2.40. The summed E-state index contributed by atoms with van der Waals surface area (Å²) in [4.78, 5) is 26.7. The number of likely N-dealkylation sites (tertiary alicyclic amines) is 2. The van der Waals surface area contributed by atoms with E-state index in [9.17, 15) is 9.59 Å². The molecule has 4 heteroatoms. The van der Waals surface area contributed by atoms with Crippen LogP contribution in [0.4, 0.5) is 0 Å². The number of rotatable bonds is 1. The molecule has 2 fully saturated rings. The van der Waals surface area contributed by atoms with Gasteiger partial charge in [0.2, 0.25) is 11.8 Å². The van der Waals surface area contributed by atoms with E-state index < -0.39 is 5.41 Å². The van der Waals surface area contributed by atoms with Crippen LogP contribution in [0.5, 0.6) is 0 Å². The van der Waals surface area contributed by atoms with E-state index in [1.807, 2.05) is 0 Å². The summed E-state index contributed by atoms with van der Waals surface area (Å²) in [5.74, 6) is 0.0105. The summed E-state index contributed by atoms with van der Waals surface area (Å²) in [7, 11) is 1.56. The van der Waals surface area contributed by atoms with Gasteiger partial charge in [-0.1, -0.05) is 0 Å². The normalized spacial score (nSPS) is 26.4. The van der Waals surface area contributed by atoms with Crippen molar-refractivity contribution in [3.8, 4) is 0 Å². The number of nitrogens with zero attached hydrogens (tertiary/aromatic N) is 2. The summed E-state index contributed by atoms with van der Waals surface area (Å²) < 4.78 is 0. The third kappa shape index (κ3) is 0.974. The zero-order valence-electron chi connectivity index (χ0n) is 8.91. The van der Waals surface area contributed by atoms with Crippen LogP contribution in [0.15, 0.2) is 0 Å². The predicted molar refractivity (Wildman–Crippen MR) is 51.5 cm³/mol. The van der Waals surface area contributed by atoms with Crippen molar-refractivity contribution >= 4 is 11.8 Å². The van der Waals surface area contributed by atoms with Crippen LogP contribution in [-0.2, 0) is 9.59 Å². The second-order valence-electron chi connectivity index (χ2n) is 4.57. The van der Waals surface area contributed by atoms with Crippen LogP contribution in [-0.4, -0.2) is 47.8 Å². The molecule has 14 heavy (non-hydrogen) atoms. The third-order valence-electron chi connectivity index (χ3n) is 3.46. The average Bonchev–Trinajstić information content (AvgIpc) is 2.62. The van der Waals surface area contributed by atoms with Gasteiger partial charge < -0.3 is 0 Å². The molecule has 0 saturated carbocycles. The highest BCUT2D eigenvalue weighted by molar-refractivity contribution is 6.21. The fraction of sp³-hybridized carbons (Fsp3) is 0.800. The maximum absolute atomic E-state index is 11.6. The topological polar surface area (TPSA) is 40.6 Å². The Kier molecular flexibility index (Phi) is 1.93. The molecule has 2 heterocycles. The molecule has 2 rings (SSSR count). The van der Waals surface area contributed by atoms with E-state index in [2.05, 4.69) is 18.7 Å². The lowest BCUT2D eigenvalue weighted by atomic mass is 9.77. The zero-order chi connectivity index (χ0) is 10.5. The third-order valence-corrected chi connectivity index (χ3v) is 3.46. The quantitative estimate of drug-likeness (QED) is 0.440. The van der Waals surface area contributed by atoms with Crippen LogP contribution in [0.3, 0.4) is 0 Å². The number of carbonyl (C=O) groups is 2. The molecular formula is C10H16N2O2. The van der Waals surface area contributed by atoms with Crippen LogP contribution < -0.4 is 0 Å². The van der Waals surface area contributed by atoms with Gasteiger partial charge in [-0.25, -0.2) is 0 Å². The molecule has 2 aliphatic rings. The van der Waals surface area contributed by atoms with E-state index in [0.717, 1.165) is 6.54 Å². The van der Waals surface area contributed by atoms with Gasteiger partial charge in [0.05, 0.1) is 0 Å². The molecule has 0 bridgehead atoms. The van der Waals surface area contributed by atoms with Crippen molar-refractivity contribution in [1.82, 2.24) is 9.80 Å². The van der Waals surface area contributed by atoms with E-state index in [4.69, 9.17) is 0 Å². The van der Waals surface area contributed by atoms with E-state index in [0.29, 0.717) is 19.0 Å². The van der Waals surface area contributed by atoms with Gasteiger partial charge in [-0.15, -0.1) is 0 Å². The maximum Gasteiger partial charge on any atom is 0.246 e. The lowest BCUT2D eigenvalue weighted by molar-refractivity contribution is -0.173. The van der Waals surface area contributed by atoms with E-state index in [1.165, 1.54) is 4.90 Å². The minimum Gasteiger partial charge on any atom is -0.299 e. The fourth-order valence-corrected chi connectivity index (χ4v) is 2.40. The highest BCUT2D eigenvalue weighted by Gasteiger charge is 2.62. The standard InChI is InChI=1S/C10H16N2O2/c1-7(2)12-5-4-10(6-12)8(13)11(3)9(10)14/h7H,4-6H2,1-3H3. The summed E-state index contributed by atoms with van der Waals surface area (Å²) in [6.45, 7) is 5.67. The molecule has 2 saturated heterocycles. The maximum atomic E-state index is 11.6. The zero-order valence-corrected chi connectivity index (χ0v) is 8.91. The number of β-lactam (4-membered cyclic amide) rings is 2. The van der Waals surface area contributed by atoms with Gasteiger partial charge in [0, 0.05) is 26.2 Å². The molecular weight excluding hydrogens is 180 g/mol. The molecule has 0 unspecified atom stereocenters. The summed E-state index contributed by atoms with van der Waals surface area (Å²) in [5.41, 5.74) is -0.668. The van der Waals surface area contributed by atoms with Gasteiger partial charge in [0.25, 0.3) is 0 Å². The first-order chi connectivity index (χ1) is 6.49. The largest absolute Gasteiger partial charge is 0.299 e. The second kappa shape index (κ2) is 2.79. The van der Waals surface area contributed by atoms with Crippen molar-refractivity contribution in [3.63, 3.8) is 0 Å². The van der Waals surface area contributed by atoms with Crippen LogP contribution in [0.2, 0.25) is 0 Å². The van der Waals surface area contributed by atoms with Crippen molar-refractivity contribution in [2.45, 2.75) is 26.3 Å². The van der Waals surface area contributed by atoms with Crippen molar-refractivity contribution in [2.75, 3.05) is 20.1 Å². The summed E-state index contributed by atoms with van der Waals surface area (Å²) in [6, 6.07) is 0.417. The van der Waals surface area contributed by atoms with Gasteiger partial charge in [0.1, 0.15) is 5.41 Å². The second-order valence-corrected chi connectivity index (χ2v) is 4.57. The van der Waals surface area contributed by atoms with Crippen LogP contribution in [0, 0.1) is 5.41 Å². The SMILES string of the molecule is CC(C)N1CCC2(C1)C(=O)N(C)C2=O. The minimum atomic E-state index is -0.668. The Morgan fingerprint density at radius 3 is 2.29 bits per heavy atom. The monoisotopic (exact) mass is 196 g/mol. The molecule has 78 valence electrons. The molecule has 2 aliphatic heterocycles. The Morgan fingerprint density at radius 1 is 1.29 bits per heavy atom. The highest BCUT2D eigenvalue weighted by atomic mass is 16.2. The Bertz CT molecular complexity index is 282. The smallest absolute Gasteiger partial charge is 0.246 e. The molecule has 0 aromatic carbocycles. The first-order valence-electron chi connectivity index (χ1n) is 5.06. The van der Waals surface area contributed by atoms with Gasteiger partial charge in [-0.05, 0) is 20.3 Å². The number of carbonyl (C=O) groups excluding carboxylic acids is 2. The first kappa shape index (κ1) is 9.65. The molecule has 0 aliphatic carbocycles. The predicted octanol–water partition coefficient (Wildman–Crippen LogP) is 0.0855. The van der Waals surface area contributed by atoms with E-state index >= 15 is 0 Å². The Hall–Kier alpha value is -0.900.